The topological polar surface area (TPSA) is 147 Å². The molecule has 0 saturated heterocycles. The molecule has 1 aliphatic heterocycles. The summed E-state index contributed by atoms with van der Waals surface area (Å²) in [6.45, 7) is 4.84. The van der Waals surface area contributed by atoms with E-state index in [1.807, 2.05) is 24.3 Å². The van der Waals surface area contributed by atoms with Crippen LogP contribution in [0.3, 0.4) is 0 Å². The highest BCUT2D eigenvalue weighted by Crippen LogP contribution is 2.40. The number of anilines is 1. The number of carbonyl (C=O) groups excluding carboxylic acids is 1. The van der Waals surface area contributed by atoms with Gasteiger partial charge in [-0.25, -0.2) is 0 Å². The number of esters is 1. The van der Waals surface area contributed by atoms with E-state index >= 15 is 0 Å². The molecule has 0 saturated carbocycles. The van der Waals surface area contributed by atoms with Crippen LogP contribution in [-0.4, -0.2) is 42.8 Å². The van der Waals surface area contributed by atoms with Crippen LogP contribution in [0, 0.1) is 34.0 Å². The van der Waals surface area contributed by atoms with Crippen molar-refractivity contribution in [3.8, 4) is 18.2 Å². The Morgan fingerprint density at radius 3 is 2.20 bits per heavy atom. The fourth-order valence-corrected chi connectivity index (χ4v) is 5.43. The maximum atomic E-state index is 11.4. The van der Waals surface area contributed by atoms with Gasteiger partial charge in [0.25, 0.3) is 0 Å². The minimum Gasteiger partial charge on any atom is -0.481 e. The van der Waals surface area contributed by atoms with Gasteiger partial charge in [-0.3, -0.25) is 9.59 Å². The first kappa shape index (κ1) is 34.4. The quantitative estimate of drug-likeness (QED) is 0.123. The van der Waals surface area contributed by atoms with Crippen LogP contribution in [0.25, 0.3) is 18.2 Å². The van der Waals surface area contributed by atoms with E-state index in [9.17, 15) is 25.4 Å². The molecule has 3 rings (SSSR count). The summed E-state index contributed by atoms with van der Waals surface area (Å²) < 4.78 is 10.9. The standard InChI is InChI=1S/C35H36N4O5S/c1-35(2)31(30(24-38)34(44-35)26(22-36)23-37)17-16-29-15-14-28(45-29)13-10-25-8-11-27(12-9-25)39(3)20-6-4-5-7-21-43-33(42)19-18-32(40)41/h8-17H,4-7,18-21H2,1-3H3,(H,40,41)/b13-10+,17-16+. The summed E-state index contributed by atoms with van der Waals surface area (Å²) >= 11 is 1.60. The average molecular weight is 625 g/mol. The molecule has 0 atom stereocenters. The largest absolute Gasteiger partial charge is 0.481 e. The average Bonchev–Trinajstić information content (AvgIpc) is 3.58. The highest BCUT2D eigenvalue weighted by atomic mass is 32.1. The van der Waals surface area contributed by atoms with E-state index in [2.05, 4.69) is 54.4 Å². The Labute approximate surface area is 268 Å². The molecule has 0 bridgehead atoms. The second kappa shape index (κ2) is 16.7. The van der Waals surface area contributed by atoms with Crippen LogP contribution in [0.2, 0.25) is 0 Å². The minimum absolute atomic E-state index is 0.0315. The van der Waals surface area contributed by atoms with E-state index < -0.39 is 17.5 Å². The number of nitrogens with zero attached hydrogens (tertiary/aromatic N) is 4. The summed E-state index contributed by atoms with van der Waals surface area (Å²) in [6.07, 6.45) is 11.3. The smallest absolute Gasteiger partial charge is 0.306 e. The third kappa shape index (κ3) is 10.2. The Hall–Kier alpha value is -5.11. The number of hydrogen-bond donors (Lipinski definition) is 1. The first-order chi connectivity index (χ1) is 21.6. The number of aliphatic carboxylic acids is 1. The number of allylic oxidation sites excluding steroid dienone is 2. The first-order valence-corrected chi connectivity index (χ1v) is 15.4. The molecule has 9 nitrogen and oxygen atoms in total. The van der Waals surface area contributed by atoms with Crippen molar-refractivity contribution in [2.24, 2.45) is 0 Å². The molecule has 10 heteroatoms. The number of benzene rings is 1. The van der Waals surface area contributed by atoms with Crippen LogP contribution < -0.4 is 4.90 Å². The van der Waals surface area contributed by atoms with Crippen molar-refractivity contribution >= 4 is 47.2 Å². The molecule has 1 aromatic carbocycles. The zero-order valence-electron chi connectivity index (χ0n) is 25.7. The van der Waals surface area contributed by atoms with Crippen molar-refractivity contribution in [2.45, 2.75) is 58.0 Å². The highest BCUT2D eigenvalue weighted by molar-refractivity contribution is 7.13. The summed E-state index contributed by atoms with van der Waals surface area (Å²) in [7, 11) is 2.06. The molecule has 2 heterocycles. The number of unbranched alkanes of at least 4 members (excludes halogenated alkanes) is 3. The van der Waals surface area contributed by atoms with Crippen molar-refractivity contribution in [3.05, 3.63) is 80.3 Å². The van der Waals surface area contributed by atoms with Crippen LogP contribution in [0.15, 0.2) is 65.0 Å². The number of carbonyl (C=O) groups is 2. The summed E-state index contributed by atoms with van der Waals surface area (Å²) in [5.41, 5.74) is 1.96. The lowest BCUT2D eigenvalue weighted by Crippen LogP contribution is -2.20. The molecule has 0 unspecified atom stereocenters. The lowest BCUT2D eigenvalue weighted by atomic mass is 9.94. The molecule has 232 valence electrons. The molecule has 0 fully saturated rings. The zero-order valence-corrected chi connectivity index (χ0v) is 26.5. The molecule has 1 aliphatic rings. The van der Waals surface area contributed by atoms with E-state index in [4.69, 9.17) is 14.6 Å². The van der Waals surface area contributed by atoms with Gasteiger partial charge in [0, 0.05) is 34.6 Å². The zero-order chi connectivity index (χ0) is 32.8. The summed E-state index contributed by atoms with van der Waals surface area (Å²) in [6, 6.07) is 18.1. The van der Waals surface area contributed by atoms with Gasteiger partial charge in [-0.15, -0.1) is 11.3 Å². The van der Waals surface area contributed by atoms with Crippen LogP contribution in [0.5, 0.6) is 0 Å². The summed E-state index contributed by atoms with van der Waals surface area (Å²) in [5, 5.41) is 36.8. The molecule has 0 radical (unpaired) electrons. The van der Waals surface area contributed by atoms with Gasteiger partial charge in [-0.1, -0.05) is 30.7 Å². The maximum Gasteiger partial charge on any atom is 0.306 e. The van der Waals surface area contributed by atoms with Crippen LogP contribution in [0.1, 0.15) is 67.7 Å². The van der Waals surface area contributed by atoms with Gasteiger partial charge in [-0.05, 0) is 75.1 Å². The molecule has 0 amide bonds. The number of rotatable bonds is 15. The van der Waals surface area contributed by atoms with Gasteiger partial charge in [0.1, 0.15) is 29.4 Å². The molecule has 2 aromatic rings. The van der Waals surface area contributed by atoms with Gasteiger partial charge in [0.05, 0.1) is 19.4 Å². The summed E-state index contributed by atoms with van der Waals surface area (Å²) in [5.74, 6) is -1.43. The highest BCUT2D eigenvalue weighted by Gasteiger charge is 2.38. The predicted octanol–water partition coefficient (Wildman–Crippen LogP) is 7.27. The molecule has 0 aliphatic carbocycles. The molecule has 1 N–H and O–H groups in total. The second-order valence-corrected chi connectivity index (χ2v) is 12.0. The summed E-state index contributed by atoms with van der Waals surface area (Å²) in [4.78, 5) is 26.2. The number of nitriles is 3. The van der Waals surface area contributed by atoms with E-state index in [1.54, 1.807) is 37.3 Å². The van der Waals surface area contributed by atoms with E-state index in [-0.39, 0.29) is 29.7 Å². The van der Waals surface area contributed by atoms with Gasteiger partial charge in [-0.2, -0.15) is 15.8 Å². The van der Waals surface area contributed by atoms with Gasteiger partial charge in [0.2, 0.25) is 0 Å². The van der Waals surface area contributed by atoms with Crippen molar-refractivity contribution in [1.29, 1.82) is 15.8 Å². The molecule has 45 heavy (non-hydrogen) atoms. The first-order valence-electron chi connectivity index (χ1n) is 14.6. The fraction of sp³-hybridized carbons (Fsp3) is 0.343. The Morgan fingerprint density at radius 1 is 0.933 bits per heavy atom. The minimum atomic E-state index is -1.000. The Kier molecular flexibility index (Phi) is 12.7. The van der Waals surface area contributed by atoms with Crippen molar-refractivity contribution in [1.82, 2.24) is 0 Å². The lowest BCUT2D eigenvalue weighted by molar-refractivity contribution is -0.147. The van der Waals surface area contributed by atoms with Gasteiger partial charge in [0.15, 0.2) is 11.3 Å². The Bertz CT molecular complexity index is 1610. The fourth-order valence-electron chi connectivity index (χ4n) is 4.61. The van der Waals surface area contributed by atoms with Crippen molar-refractivity contribution in [2.75, 3.05) is 25.1 Å². The normalized spacial score (nSPS) is 13.7. The predicted molar refractivity (Wildman–Crippen MR) is 174 cm³/mol. The van der Waals surface area contributed by atoms with E-state index in [1.165, 1.54) is 0 Å². The number of carboxylic acids is 1. The lowest BCUT2D eigenvalue weighted by Gasteiger charge is -2.20. The SMILES string of the molecule is CN(CCCCCCOC(=O)CCC(=O)O)c1ccc(/C=C/c2ccc(/C=C/C3=C(C#N)C(=C(C#N)C#N)OC3(C)C)s2)cc1. The van der Waals surface area contributed by atoms with Crippen LogP contribution in [0.4, 0.5) is 5.69 Å². The monoisotopic (exact) mass is 624 g/mol. The molecular weight excluding hydrogens is 588 g/mol. The number of carboxylic acid groups (broad SMARTS) is 1. The third-order valence-electron chi connectivity index (χ3n) is 7.09. The van der Waals surface area contributed by atoms with Crippen LogP contribution >= 0.6 is 11.3 Å². The van der Waals surface area contributed by atoms with Crippen molar-refractivity contribution in [3.63, 3.8) is 0 Å². The molecule has 1 aromatic heterocycles. The van der Waals surface area contributed by atoms with Gasteiger partial charge >= 0.3 is 11.9 Å². The maximum absolute atomic E-state index is 11.4. The number of hydrogen-bond acceptors (Lipinski definition) is 9. The number of ether oxygens (including phenoxy) is 2. The molecule has 0 spiro atoms. The van der Waals surface area contributed by atoms with E-state index in [0.29, 0.717) is 12.2 Å². The van der Waals surface area contributed by atoms with Crippen molar-refractivity contribution < 1.29 is 24.2 Å². The van der Waals surface area contributed by atoms with E-state index in [0.717, 1.165) is 53.2 Å². The van der Waals surface area contributed by atoms with Gasteiger partial charge < -0.3 is 19.5 Å². The van der Waals surface area contributed by atoms with Crippen LogP contribution in [-0.2, 0) is 19.1 Å². The Morgan fingerprint density at radius 2 is 1.58 bits per heavy atom. The molecular formula is C35H36N4O5S. The number of thiophene rings is 1. The Balaban J connectivity index is 1.48. The second-order valence-electron chi connectivity index (χ2n) is 10.9. The third-order valence-corrected chi connectivity index (χ3v) is 8.11.